The number of β-amino-alcohol motifs (C(OH)–C–C–N with tert-alkyl or cyclic N) is 1. The summed E-state index contributed by atoms with van der Waals surface area (Å²) in [6, 6.07) is 16.0. The highest BCUT2D eigenvalue weighted by molar-refractivity contribution is 5.90. The van der Waals surface area contributed by atoms with Crippen molar-refractivity contribution in [3.8, 4) is 0 Å². The van der Waals surface area contributed by atoms with Gasteiger partial charge in [-0.3, -0.25) is 19.3 Å². The first kappa shape index (κ1) is 35.9. The van der Waals surface area contributed by atoms with Crippen molar-refractivity contribution < 1.29 is 29.0 Å². The van der Waals surface area contributed by atoms with Gasteiger partial charge in [0.15, 0.2) is 0 Å². The van der Waals surface area contributed by atoms with Crippen LogP contribution in [0.15, 0.2) is 60.7 Å². The number of primary amides is 1. The van der Waals surface area contributed by atoms with E-state index < -0.39 is 54.1 Å². The van der Waals surface area contributed by atoms with Crippen LogP contribution in [0.2, 0.25) is 0 Å². The number of piperidine rings is 1. The number of alkyl carbamates (subject to hydrolysis) is 1. The molecule has 4 rings (SSSR count). The largest absolute Gasteiger partial charge is 0.445 e. The van der Waals surface area contributed by atoms with Crippen LogP contribution in [0.4, 0.5) is 4.79 Å². The summed E-state index contributed by atoms with van der Waals surface area (Å²) in [6.45, 7) is 6.70. The fraction of sp³-hybridized carbons (Fsp3) is 0.556. The molecule has 0 spiro atoms. The second-order valence-electron chi connectivity index (χ2n) is 14.1. The number of nitrogens with two attached hydrogens (primary N) is 1. The highest BCUT2D eigenvalue weighted by atomic mass is 16.5. The molecule has 1 aliphatic heterocycles. The van der Waals surface area contributed by atoms with Crippen LogP contribution in [0.1, 0.15) is 70.4 Å². The maximum Gasteiger partial charge on any atom is 0.408 e. The number of benzene rings is 2. The SMILES string of the molecule is CC(C)(C)NC(=O)C1C[C@@H]2CCCC[C@@H]2CN1C[C@@H](O)C(Cc1ccccc1)NC(=O)C(CC(N)=O)NC(=O)OCc1ccccc1. The van der Waals surface area contributed by atoms with Crippen LogP contribution in [0.5, 0.6) is 0 Å². The van der Waals surface area contributed by atoms with E-state index in [4.69, 9.17) is 10.5 Å². The second kappa shape index (κ2) is 16.7. The standard InChI is InChI=1S/C36H51N5O6/c1-36(2,3)40-34(45)30-19-26-16-10-11-17-27(26)21-41(30)22-31(42)28(18-24-12-6-4-7-13-24)38-33(44)29(20-32(37)43)39-35(46)47-23-25-14-8-5-9-15-25/h4-9,12-15,26-31,42H,10-11,16-23H2,1-3H3,(H2,37,43)(H,38,44)(H,39,46)(H,40,45)/t26-,27+,28?,29?,30?,31+/m0/s1. The molecule has 1 heterocycles. The monoisotopic (exact) mass is 649 g/mol. The van der Waals surface area contributed by atoms with E-state index in [1.807, 2.05) is 69.3 Å². The molecule has 11 nitrogen and oxygen atoms in total. The number of aliphatic hydroxyl groups excluding tert-OH is 1. The number of carbonyl (C=O) groups is 4. The van der Waals surface area contributed by atoms with Crippen LogP contribution < -0.4 is 21.7 Å². The molecule has 47 heavy (non-hydrogen) atoms. The average Bonchev–Trinajstić information content (AvgIpc) is 3.02. The predicted molar refractivity (Wildman–Crippen MR) is 179 cm³/mol. The van der Waals surface area contributed by atoms with Crippen LogP contribution in [0, 0.1) is 11.8 Å². The third-order valence-corrected chi connectivity index (χ3v) is 9.04. The van der Waals surface area contributed by atoms with Crippen LogP contribution >= 0.6 is 0 Å². The fourth-order valence-electron chi connectivity index (χ4n) is 6.75. The number of rotatable bonds is 13. The Balaban J connectivity index is 1.50. The Morgan fingerprint density at radius 1 is 0.936 bits per heavy atom. The zero-order valence-electron chi connectivity index (χ0n) is 27.8. The number of nitrogens with one attached hydrogen (secondary N) is 3. The molecule has 256 valence electrons. The van der Waals surface area contributed by atoms with Crippen LogP contribution in [-0.2, 0) is 32.1 Å². The average molecular weight is 650 g/mol. The molecule has 6 atom stereocenters. The molecule has 2 aliphatic rings. The van der Waals surface area contributed by atoms with E-state index in [0.29, 0.717) is 18.4 Å². The Morgan fingerprint density at radius 2 is 1.55 bits per heavy atom. The number of fused-ring (bicyclic) bond motifs is 1. The van der Waals surface area contributed by atoms with E-state index in [9.17, 15) is 24.3 Å². The Morgan fingerprint density at radius 3 is 2.17 bits per heavy atom. The van der Waals surface area contributed by atoms with Gasteiger partial charge in [-0.05, 0) is 63.0 Å². The third-order valence-electron chi connectivity index (χ3n) is 9.04. The highest BCUT2D eigenvalue weighted by Crippen LogP contribution is 2.39. The van der Waals surface area contributed by atoms with Crippen molar-refractivity contribution in [2.45, 2.75) is 102 Å². The zero-order chi connectivity index (χ0) is 34.0. The van der Waals surface area contributed by atoms with E-state index in [2.05, 4.69) is 20.9 Å². The van der Waals surface area contributed by atoms with Gasteiger partial charge in [0.1, 0.15) is 12.6 Å². The lowest BCUT2D eigenvalue weighted by Gasteiger charge is -2.47. The Labute approximate surface area is 278 Å². The molecule has 0 aromatic heterocycles. The summed E-state index contributed by atoms with van der Waals surface area (Å²) in [6.07, 6.45) is 3.14. The lowest BCUT2D eigenvalue weighted by Crippen LogP contribution is -2.61. The van der Waals surface area contributed by atoms with Crippen LogP contribution in [0.3, 0.4) is 0 Å². The quantitative estimate of drug-likeness (QED) is 0.223. The second-order valence-corrected chi connectivity index (χ2v) is 14.1. The van der Waals surface area contributed by atoms with E-state index in [1.54, 1.807) is 12.1 Å². The maximum atomic E-state index is 13.6. The van der Waals surface area contributed by atoms with Gasteiger partial charge in [0.25, 0.3) is 0 Å². The Bertz CT molecular complexity index is 1330. The Kier molecular flexibility index (Phi) is 12.8. The number of hydrogen-bond acceptors (Lipinski definition) is 7. The summed E-state index contributed by atoms with van der Waals surface area (Å²) in [5.74, 6) is -0.597. The minimum atomic E-state index is -1.32. The van der Waals surface area contributed by atoms with Crippen molar-refractivity contribution in [2.24, 2.45) is 17.6 Å². The van der Waals surface area contributed by atoms with Crippen LogP contribution in [0.25, 0.3) is 0 Å². The first-order valence-electron chi connectivity index (χ1n) is 16.7. The summed E-state index contributed by atoms with van der Waals surface area (Å²) < 4.78 is 5.27. The minimum Gasteiger partial charge on any atom is -0.445 e. The molecule has 3 unspecified atom stereocenters. The first-order valence-corrected chi connectivity index (χ1v) is 16.7. The van der Waals surface area contributed by atoms with Crippen molar-refractivity contribution in [1.29, 1.82) is 0 Å². The molecular weight excluding hydrogens is 598 g/mol. The molecule has 11 heteroatoms. The molecule has 2 aromatic rings. The number of carbonyl (C=O) groups excluding carboxylic acids is 4. The van der Waals surface area contributed by atoms with Gasteiger partial charge in [-0.25, -0.2) is 4.79 Å². The number of aliphatic hydroxyl groups is 1. The number of hydrogen-bond donors (Lipinski definition) is 5. The molecule has 1 saturated carbocycles. The fourth-order valence-corrected chi connectivity index (χ4v) is 6.75. The highest BCUT2D eigenvalue weighted by Gasteiger charge is 2.42. The summed E-state index contributed by atoms with van der Waals surface area (Å²) >= 11 is 0. The minimum absolute atomic E-state index is 0.0193. The molecule has 0 bridgehead atoms. The lowest BCUT2D eigenvalue weighted by molar-refractivity contribution is -0.133. The van der Waals surface area contributed by atoms with E-state index in [0.717, 1.165) is 36.8 Å². The zero-order valence-corrected chi connectivity index (χ0v) is 27.8. The predicted octanol–water partition coefficient (Wildman–Crippen LogP) is 3.04. The van der Waals surface area contributed by atoms with Gasteiger partial charge in [-0.2, -0.15) is 0 Å². The van der Waals surface area contributed by atoms with Gasteiger partial charge in [0.2, 0.25) is 17.7 Å². The summed E-state index contributed by atoms with van der Waals surface area (Å²) in [7, 11) is 0. The summed E-state index contributed by atoms with van der Waals surface area (Å²) in [4.78, 5) is 53.8. The van der Waals surface area contributed by atoms with Gasteiger partial charge >= 0.3 is 6.09 Å². The number of nitrogens with zero attached hydrogens (tertiary/aromatic N) is 1. The first-order chi connectivity index (χ1) is 22.4. The third kappa shape index (κ3) is 11.4. The molecular formula is C36H51N5O6. The molecule has 6 N–H and O–H groups in total. The lowest BCUT2D eigenvalue weighted by atomic mass is 9.72. The Hall–Kier alpha value is -3.96. The molecule has 1 aliphatic carbocycles. The smallest absolute Gasteiger partial charge is 0.408 e. The van der Waals surface area contributed by atoms with Gasteiger partial charge in [-0.1, -0.05) is 79.9 Å². The molecule has 0 radical (unpaired) electrons. The van der Waals surface area contributed by atoms with Crippen molar-refractivity contribution in [3.63, 3.8) is 0 Å². The number of likely N-dealkylation sites (tertiary alicyclic amines) is 1. The number of amides is 4. The molecule has 2 aromatic carbocycles. The topological polar surface area (TPSA) is 163 Å². The van der Waals surface area contributed by atoms with Gasteiger partial charge in [0, 0.05) is 18.6 Å². The van der Waals surface area contributed by atoms with E-state index in [-0.39, 0.29) is 25.5 Å². The molecule has 4 amide bonds. The molecule has 2 fully saturated rings. The van der Waals surface area contributed by atoms with E-state index >= 15 is 0 Å². The van der Waals surface area contributed by atoms with Crippen molar-refractivity contribution in [3.05, 3.63) is 71.8 Å². The van der Waals surface area contributed by atoms with Crippen LogP contribution in [-0.4, -0.2) is 76.7 Å². The maximum absolute atomic E-state index is 13.6. The van der Waals surface area contributed by atoms with Gasteiger partial charge in [-0.15, -0.1) is 0 Å². The van der Waals surface area contributed by atoms with E-state index in [1.165, 1.54) is 6.42 Å². The van der Waals surface area contributed by atoms with Gasteiger partial charge < -0.3 is 31.5 Å². The number of ether oxygens (including phenoxy) is 1. The summed E-state index contributed by atoms with van der Waals surface area (Å²) in [5, 5.41) is 20.2. The normalized spacial score (nSPS) is 21.7. The van der Waals surface area contributed by atoms with Crippen molar-refractivity contribution in [2.75, 3.05) is 13.1 Å². The van der Waals surface area contributed by atoms with Crippen molar-refractivity contribution >= 4 is 23.8 Å². The summed E-state index contributed by atoms with van der Waals surface area (Å²) in [5.41, 5.74) is 6.68. The molecule has 1 saturated heterocycles. The van der Waals surface area contributed by atoms with Crippen molar-refractivity contribution in [1.82, 2.24) is 20.9 Å². The van der Waals surface area contributed by atoms with Gasteiger partial charge in [0.05, 0.1) is 24.6 Å².